The number of nitrogens with zero attached hydrogens (tertiary/aromatic N) is 3. The number of imidazole rings is 1. The third kappa shape index (κ3) is 4.77. The van der Waals surface area contributed by atoms with E-state index in [-0.39, 0.29) is 11.0 Å². The van der Waals surface area contributed by atoms with E-state index in [0.717, 1.165) is 35.3 Å². The molecule has 32 heavy (non-hydrogen) atoms. The number of benzene rings is 2. The van der Waals surface area contributed by atoms with Crippen LogP contribution in [0.25, 0.3) is 22.3 Å². The fraction of sp³-hybridized carbons (Fsp3) is 0.273. The maximum Gasteiger partial charge on any atom is 0.238 e. The maximum atomic E-state index is 11.8. The minimum atomic E-state index is -3.85. The lowest BCUT2D eigenvalue weighted by Crippen LogP contribution is -2.13. The molecule has 0 unspecified atom stereocenters. The predicted molar refractivity (Wildman–Crippen MR) is 128 cm³/mol. The molecular formula is C22H25N5O3S2. The van der Waals surface area contributed by atoms with Crippen molar-refractivity contribution >= 4 is 43.2 Å². The lowest BCUT2D eigenvalue weighted by molar-refractivity contribution is 0.243. The van der Waals surface area contributed by atoms with Gasteiger partial charge in [-0.05, 0) is 50.6 Å². The maximum absolute atomic E-state index is 11.8. The van der Waals surface area contributed by atoms with Crippen molar-refractivity contribution in [3.8, 4) is 17.0 Å². The summed E-state index contributed by atoms with van der Waals surface area (Å²) >= 11 is 1.42. The highest BCUT2D eigenvalue weighted by molar-refractivity contribution is 7.89. The van der Waals surface area contributed by atoms with Gasteiger partial charge in [0.15, 0.2) is 5.13 Å². The van der Waals surface area contributed by atoms with Crippen LogP contribution in [0.3, 0.4) is 0 Å². The highest BCUT2D eigenvalue weighted by Crippen LogP contribution is 2.34. The molecule has 0 bridgehead atoms. The second-order valence-electron chi connectivity index (χ2n) is 7.67. The highest BCUT2D eigenvalue weighted by Gasteiger charge is 2.15. The number of anilines is 2. The largest absolute Gasteiger partial charge is 0.489 e. The summed E-state index contributed by atoms with van der Waals surface area (Å²) in [5.74, 6) is 0.522. The minimum absolute atomic E-state index is 0.00234. The number of rotatable bonds is 8. The lowest BCUT2D eigenvalue weighted by atomic mass is 10.1. The zero-order chi connectivity index (χ0) is 22.9. The molecule has 0 fully saturated rings. The molecule has 168 valence electrons. The second-order valence-corrected chi connectivity index (χ2v) is 10.1. The summed E-state index contributed by atoms with van der Waals surface area (Å²) in [6.07, 6.45) is 2.81. The fourth-order valence-electron chi connectivity index (χ4n) is 3.35. The first kappa shape index (κ1) is 22.3. The number of ether oxygens (including phenoxy) is 1. The first-order chi connectivity index (χ1) is 15.2. The molecule has 0 aliphatic rings. The van der Waals surface area contributed by atoms with Gasteiger partial charge in [0.25, 0.3) is 0 Å². The van der Waals surface area contributed by atoms with Crippen molar-refractivity contribution in [2.45, 2.75) is 44.7 Å². The summed E-state index contributed by atoms with van der Waals surface area (Å²) in [5.41, 5.74) is 4.31. The summed E-state index contributed by atoms with van der Waals surface area (Å²) < 4.78 is 31.6. The van der Waals surface area contributed by atoms with Crippen LogP contribution >= 0.6 is 11.3 Å². The van der Waals surface area contributed by atoms with Crippen LogP contribution in [0.15, 0.2) is 53.0 Å². The molecule has 0 aliphatic carbocycles. The number of fused-ring (bicyclic) bond motifs is 1. The Bertz CT molecular complexity index is 1360. The van der Waals surface area contributed by atoms with Gasteiger partial charge in [-0.3, -0.25) is 0 Å². The molecule has 0 aliphatic heterocycles. The quantitative estimate of drug-likeness (QED) is 0.384. The van der Waals surface area contributed by atoms with Crippen molar-refractivity contribution in [1.29, 1.82) is 0 Å². The third-order valence-electron chi connectivity index (χ3n) is 4.77. The van der Waals surface area contributed by atoms with Crippen LogP contribution in [0.4, 0.5) is 10.8 Å². The van der Waals surface area contributed by atoms with Crippen LogP contribution in [0.2, 0.25) is 0 Å². The Balaban J connectivity index is 1.66. The van der Waals surface area contributed by atoms with Crippen molar-refractivity contribution < 1.29 is 13.2 Å². The van der Waals surface area contributed by atoms with Gasteiger partial charge in [0, 0.05) is 17.5 Å². The standard InChI is InChI=1S/C22H25N5O3S2/c1-4-9-27-13-24-17-7-5-15(10-20(17)27)19-12-31-22(26-19)25-18-11-16(32(23,28)29)6-8-21(18)30-14(2)3/h5-8,10-14H,4,9H2,1-3H3,(H,25,26)(H2,23,28,29). The molecule has 10 heteroatoms. The van der Waals surface area contributed by atoms with Gasteiger partial charge in [0.2, 0.25) is 10.0 Å². The Morgan fingerprint density at radius 2 is 2.03 bits per heavy atom. The van der Waals surface area contributed by atoms with E-state index >= 15 is 0 Å². The van der Waals surface area contributed by atoms with Gasteiger partial charge in [0.05, 0.1) is 39.7 Å². The smallest absolute Gasteiger partial charge is 0.238 e. The average molecular weight is 472 g/mol. The molecule has 3 N–H and O–H groups in total. The Morgan fingerprint density at radius 1 is 1.22 bits per heavy atom. The van der Waals surface area contributed by atoms with Gasteiger partial charge in [-0.2, -0.15) is 0 Å². The van der Waals surface area contributed by atoms with Crippen molar-refractivity contribution in [3.63, 3.8) is 0 Å². The van der Waals surface area contributed by atoms with E-state index in [1.807, 2.05) is 37.7 Å². The molecule has 4 aromatic rings. The van der Waals surface area contributed by atoms with Gasteiger partial charge in [-0.15, -0.1) is 11.3 Å². The summed E-state index contributed by atoms with van der Waals surface area (Å²) in [6.45, 7) is 6.84. The first-order valence-electron chi connectivity index (χ1n) is 10.3. The molecule has 8 nitrogen and oxygen atoms in total. The zero-order valence-corrected chi connectivity index (χ0v) is 19.7. The zero-order valence-electron chi connectivity index (χ0n) is 18.1. The summed E-state index contributed by atoms with van der Waals surface area (Å²) in [6, 6.07) is 10.6. The highest BCUT2D eigenvalue weighted by atomic mass is 32.2. The first-order valence-corrected chi connectivity index (χ1v) is 12.7. The van der Waals surface area contributed by atoms with Crippen LogP contribution in [0.5, 0.6) is 5.75 Å². The number of nitrogens with two attached hydrogens (primary N) is 1. The molecule has 0 amide bonds. The predicted octanol–water partition coefficient (Wildman–Crippen LogP) is 4.75. The number of hydrogen-bond donors (Lipinski definition) is 2. The molecule has 2 aromatic carbocycles. The number of primary sulfonamides is 1. The van der Waals surface area contributed by atoms with Crippen LogP contribution in [0, 0.1) is 0 Å². The molecule has 0 saturated heterocycles. The van der Waals surface area contributed by atoms with Gasteiger partial charge in [0.1, 0.15) is 5.75 Å². The number of aromatic nitrogens is 3. The number of thiazole rings is 1. The summed E-state index contributed by atoms with van der Waals surface area (Å²) in [7, 11) is -3.85. The van der Waals surface area contributed by atoms with Gasteiger partial charge < -0.3 is 14.6 Å². The Morgan fingerprint density at radius 3 is 2.75 bits per heavy atom. The topological polar surface area (TPSA) is 112 Å². The van der Waals surface area contributed by atoms with Crippen molar-refractivity contribution in [2.24, 2.45) is 5.14 Å². The fourth-order valence-corrected chi connectivity index (χ4v) is 4.63. The molecule has 0 atom stereocenters. The van der Waals surface area contributed by atoms with Crippen LogP contribution in [-0.4, -0.2) is 29.1 Å². The third-order valence-corrected chi connectivity index (χ3v) is 6.44. The molecule has 0 radical (unpaired) electrons. The molecule has 4 rings (SSSR count). The lowest BCUT2D eigenvalue weighted by Gasteiger charge is -2.15. The Hall–Kier alpha value is -2.95. The number of aryl methyl sites for hydroxylation is 1. The molecule has 2 heterocycles. The molecular weight excluding hydrogens is 446 g/mol. The van der Waals surface area contributed by atoms with E-state index in [1.165, 1.54) is 23.5 Å². The van der Waals surface area contributed by atoms with Gasteiger partial charge in [-0.25, -0.2) is 23.5 Å². The number of nitrogens with one attached hydrogen (secondary N) is 1. The van der Waals surface area contributed by atoms with Gasteiger partial charge >= 0.3 is 0 Å². The average Bonchev–Trinajstić information content (AvgIpc) is 3.35. The van der Waals surface area contributed by atoms with E-state index in [0.29, 0.717) is 16.6 Å². The van der Waals surface area contributed by atoms with E-state index < -0.39 is 10.0 Å². The van der Waals surface area contributed by atoms with Crippen molar-refractivity contribution in [3.05, 3.63) is 48.1 Å². The van der Waals surface area contributed by atoms with E-state index in [2.05, 4.69) is 27.9 Å². The molecule has 2 aromatic heterocycles. The van der Waals surface area contributed by atoms with E-state index in [9.17, 15) is 8.42 Å². The van der Waals surface area contributed by atoms with Crippen LogP contribution in [-0.2, 0) is 16.6 Å². The minimum Gasteiger partial charge on any atom is -0.489 e. The number of sulfonamides is 1. The molecule has 0 saturated carbocycles. The second kappa shape index (κ2) is 8.89. The summed E-state index contributed by atoms with van der Waals surface area (Å²) in [4.78, 5) is 9.15. The normalized spacial score (nSPS) is 11.9. The van der Waals surface area contributed by atoms with Gasteiger partial charge in [-0.1, -0.05) is 13.0 Å². The van der Waals surface area contributed by atoms with E-state index in [1.54, 1.807) is 6.07 Å². The number of hydrogen-bond acceptors (Lipinski definition) is 7. The van der Waals surface area contributed by atoms with Crippen molar-refractivity contribution in [2.75, 3.05) is 5.32 Å². The summed E-state index contributed by atoms with van der Waals surface area (Å²) in [5, 5.41) is 11.1. The molecule has 0 spiro atoms. The van der Waals surface area contributed by atoms with E-state index in [4.69, 9.17) is 14.9 Å². The van der Waals surface area contributed by atoms with Crippen LogP contribution in [0.1, 0.15) is 27.2 Å². The monoisotopic (exact) mass is 471 g/mol. The Labute approximate surface area is 191 Å². The Kier molecular flexibility index (Phi) is 6.18. The van der Waals surface area contributed by atoms with Crippen LogP contribution < -0.4 is 15.2 Å². The van der Waals surface area contributed by atoms with Crippen molar-refractivity contribution in [1.82, 2.24) is 14.5 Å². The SMILES string of the molecule is CCCn1cnc2ccc(-c3csc(Nc4cc(S(N)(=O)=O)ccc4OC(C)C)n3)cc21.